The van der Waals surface area contributed by atoms with Crippen LogP contribution in [-0.2, 0) is 11.3 Å². The first-order valence-electron chi connectivity index (χ1n) is 7.84. The summed E-state index contributed by atoms with van der Waals surface area (Å²) in [4.78, 5) is 2.38. The van der Waals surface area contributed by atoms with Gasteiger partial charge in [-0.3, -0.25) is 0 Å². The average Bonchev–Trinajstić information content (AvgIpc) is 2.43. The third kappa shape index (κ3) is 4.60. The smallest absolute Gasteiger partial charge is 0.0723 e. The number of rotatable bonds is 5. The van der Waals surface area contributed by atoms with E-state index in [1.54, 1.807) is 0 Å². The molecule has 1 N–H and O–H groups in total. The van der Waals surface area contributed by atoms with Crippen molar-refractivity contribution in [3.05, 3.63) is 28.8 Å². The highest BCUT2D eigenvalue weighted by atomic mass is 35.5. The molecule has 0 spiro atoms. The standard InChI is InChI=1S/C17H27ClN2O/c1-12(2)8-19-9-15-5-6-16(7-17(15)18)20-10-14(4)21-11-13(20)3/h5-7,12-14,19H,8-11H2,1-4H3. The van der Waals surface area contributed by atoms with Gasteiger partial charge in [0.2, 0.25) is 0 Å². The molecule has 0 bridgehead atoms. The first-order chi connectivity index (χ1) is 9.97. The summed E-state index contributed by atoms with van der Waals surface area (Å²) in [6, 6.07) is 6.79. The molecule has 2 rings (SSSR count). The maximum absolute atomic E-state index is 6.45. The van der Waals surface area contributed by atoms with E-state index < -0.39 is 0 Å². The Balaban J connectivity index is 2.04. The molecule has 1 aromatic carbocycles. The van der Waals surface area contributed by atoms with Crippen LogP contribution in [0.4, 0.5) is 5.69 Å². The quantitative estimate of drug-likeness (QED) is 0.897. The van der Waals surface area contributed by atoms with E-state index in [1.807, 2.05) is 0 Å². The van der Waals surface area contributed by atoms with Gasteiger partial charge in [-0.2, -0.15) is 0 Å². The highest BCUT2D eigenvalue weighted by molar-refractivity contribution is 6.31. The van der Waals surface area contributed by atoms with Crippen LogP contribution in [0.25, 0.3) is 0 Å². The van der Waals surface area contributed by atoms with E-state index in [1.165, 1.54) is 5.69 Å². The van der Waals surface area contributed by atoms with Crippen molar-refractivity contribution in [2.45, 2.75) is 46.4 Å². The molecule has 2 unspecified atom stereocenters. The largest absolute Gasteiger partial charge is 0.375 e. The number of anilines is 1. The maximum Gasteiger partial charge on any atom is 0.0723 e. The van der Waals surface area contributed by atoms with E-state index in [0.29, 0.717) is 12.0 Å². The van der Waals surface area contributed by atoms with Crippen LogP contribution in [0.1, 0.15) is 33.3 Å². The summed E-state index contributed by atoms with van der Waals surface area (Å²) in [7, 11) is 0. The minimum absolute atomic E-state index is 0.271. The van der Waals surface area contributed by atoms with Crippen molar-refractivity contribution in [1.29, 1.82) is 0 Å². The Labute approximate surface area is 133 Å². The molecular weight excluding hydrogens is 284 g/mol. The van der Waals surface area contributed by atoms with Gasteiger partial charge in [0.25, 0.3) is 0 Å². The number of ether oxygens (including phenoxy) is 1. The minimum atomic E-state index is 0.271. The number of nitrogens with one attached hydrogen (secondary N) is 1. The molecule has 1 heterocycles. The number of hydrogen-bond donors (Lipinski definition) is 1. The molecule has 1 aliphatic rings. The molecule has 0 radical (unpaired) electrons. The molecule has 3 nitrogen and oxygen atoms in total. The molecular formula is C17H27ClN2O. The van der Waals surface area contributed by atoms with E-state index in [2.05, 4.69) is 56.1 Å². The van der Waals surface area contributed by atoms with Gasteiger partial charge < -0.3 is 15.0 Å². The second kappa shape index (κ2) is 7.48. The van der Waals surface area contributed by atoms with Gasteiger partial charge in [-0.15, -0.1) is 0 Å². The number of halogens is 1. The lowest BCUT2D eigenvalue weighted by molar-refractivity contribution is 0.0344. The Morgan fingerprint density at radius 3 is 2.81 bits per heavy atom. The van der Waals surface area contributed by atoms with Gasteiger partial charge in [-0.25, -0.2) is 0 Å². The topological polar surface area (TPSA) is 24.5 Å². The molecule has 0 aromatic heterocycles. The fraction of sp³-hybridized carbons (Fsp3) is 0.647. The SMILES string of the molecule is CC(C)CNCc1ccc(N2CC(C)OCC2C)cc1Cl. The van der Waals surface area contributed by atoms with Crippen LogP contribution in [0.15, 0.2) is 18.2 Å². The first kappa shape index (κ1) is 16.6. The summed E-state index contributed by atoms with van der Waals surface area (Å²) < 4.78 is 5.69. The Kier molecular flexibility index (Phi) is 5.91. The van der Waals surface area contributed by atoms with Gasteiger partial charge in [-0.1, -0.05) is 31.5 Å². The number of nitrogens with zero attached hydrogens (tertiary/aromatic N) is 1. The van der Waals surface area contributed by atoms with E-state index in [9.17, 15) is 0 Å². The van der Waals surface area contributed by atoms with Crippen LogP contribution < -0.4 is 10.2 Å². The van der Waals surface area contributed by atoms with E-state index in [-0.39, 0.29) is 6.10 Å². The fourth-order valence-corrected chi connectivity index (χ4v) is 2.86. The highest BCUT2D eigenvalue weighted by Crippen LogP contribution is 2.27. The van der Waals surface area contributed by atoms with Gasteiger partial charge >= 0.3 is 0 Å². The fourth-order valence-electron chi connectivity index (χ4n) is 2.62. The third-order valence-electron chi connectivity index (χ3n) is 3.84. The zero-order chi connectivity index (χ0) is 15.4. The molecule has 21 heavy (non-hydrogen) atoms. The van der Waals surface area contributed by atoms with Gasteiger partial charge in [0.05, 0.1) is 12.7 Å². The summed E-state index contributed by atoms with van der Waals surface area (Å²) in [5.74, 6) is 0.652. The summed E-state index contributed by atoms with van der Waals surface area (Å²) >= 11 is 6.45. The summed E-state index contributed by atoms with van der Waals surface area (Å²) in [6.45, 7) is 12.3. The molecule has 0 amide bonds. The van der Waals surface area contributed by atoms with Crippen molar-refractivity contribution in [2.75, 3.05) is 24.6 Å². The summed E-state index contributed by atoms with van der Waals surface area (Å²) in [6.07, 6.45) is 0.271. The average molecular weight is 311 g/mol. The second-order valence-corrected chi connectivity index (χ2v) is 6.85. The molecule has 2 atom stereocenters. The Bertz CT molecular complexity index is 464. The first-order valence-corrected chi connectivity index (χ1v) is 8.22. The number of benzene rings is 1. The van der Waals surface area contributed by atoms with Crippen LogP contribution in [0.5, 0.6) is 0 Å². The number of morpholine rings is 1. The maximum atomic E-state index is 6.45. The van der Waals surface area contributed by atoms with Crippen molar-refractivity contribution >= 4 is 17.3 Å². The molecule has 4 heteroatoms. The lowest BCUT2D eigenvalue weighted by Gasteiger charge is -2.38. The van der Waals surface area contributed by atoms with Crippen molar-refractivity contribution in [3.8, 4) is 0 Å². The van der Waals surface area contributed by atoms with Crippen molar-refractivity contribution in [2.24, 2.45) is 5.92 Å². The van der Waals surface area contributed by atoms with E-state index >= 15 is 0 Å². The lowest BCUT2D eigenvalue weighted by atomic mass is 10.1. The predicted octanol–water partition coefficient (Wildman–Crippen LogP) is 3.70. The Morgan fingerprint density at radius 2 is 2.14 bits per heavy atom. The van der Waals surface area contributed by atoms with Gasteiger partial charge in [0, 0.05) is 29.8 Å². The van der Waals surface area contributed by atoms with Crippen LogP contribution in [-0.4, -0.2) is 31.8 Å². The van der Waals surface area contributed by atoms with Crippen LogP contribution in [0, 0.1) is 5.92 Å². The predicted molar refractivity (Wildman–Crippen MR) is 90.2 cm³/mol. The van der Waals surface area contributed by atoms with Crippen molar-refractivity contribution in [3.63, 3.8) is 0 Å². The van der Waals surface area contributed by atoms with Gasteiger partial charge in [0.1, 0.15) is 0 Å². The second-order valence-electron chi connectivity index (χ2n) is 6.45. The monoisotopic (exact) mass is 310 g/mol. The molecule has 1 aromatic rings. The molecule has 118 valence electrons. The van der Waals surface area contributed by atoms with Gasteiger partial charge in [-0.05, 0) is 44.0 Å². The molecule has 1 aliphatic heterocycles. The summed E-state index contributed by atoms with van der Waals surface area (Å²) in [5.41, 5.74) is 2.35. The van der Waals surface area contributed by atoms with Gasteiger partial charge in [0.15, 0.2) is 0 Å². The van der Waals surface area contributed by atoms with Crippen LogP contribution >= 0.6 is 11.6 Å². The van der Waals surface area contributed by atoms with Crippen LogP contribution in [0.3, 0.4) is 0 Å². The Morgan fingerprint density at radius 1 is 1.38 bits per heavy atom. The van der Waals surface area contributed by atoms with Crippen molar-refractivity contribution < 1.29 is 4.74 Å². The zero-order valence-corrected chi connectivity index (χ0v) is 14.3. The number of hydrogen-bond acceptors (Lipinski definition) is 3. The minimum Gasteiger partial charge on any atom is -0.375 e. The van der Waals surface area contributed by atoms with E-state index in [0.717, 1.165) is 36.8 Å². The lowest BCUT2D eigenvalue weighted by Crippen LogP contribution is -2.47. The molecule has 1 saturated heterocycles. The summed E-state index contributed by atoms with van der Waals surface area (Å²) in [5, 5.41) is 4.28. The Hall–Kier alpha value is -0.770. The molecule has 1 fully saturated rings. The van der Waals surface area contributed by atoms with E-state index in [4.69, 9.17) is 16.3 Å². The molecule has 0 aliphatic carbocycles. The molecule has 0 saturated carbocycles. The van der Waals surface area contributed by atoms with Crippen molar-refractivity contribution in [1.82, 2.24) is 5.32 Å². The van der Waals surface area contributed by atoms with Crippen LogP contribution in [0.2, 0.25) is 5.02 Å². The normalized spacial score (nSPS) is 22.9. The zero-order valence-electron chi connectivity index (χ0n) is 13.5. The highest BCUT2D eigenvalue weighted by Gasteiger charge is 2.23. The third-order valence-corrected chi connectivity index (χ3v) is 4.20.